The maximum Gasteiger partial charge on any atom is 0.262 e. The Balaban J connectivity index is 1.50. The van der Waals surface area contributed by atoms with Crippen molar-refractivity contribution >= 4 is 34.8 Å². The van der Waals surface area contributed by atoms with Crippen LogP contribution in [0, 0.1) is 10.8 Å². The smallest absolute Gasteiger partial charge is 0.262 e. The topological polar surface area (TPSA) is 84.9 Å². The molecule has 2 aromatic rings. The van der Waals surface area contributed by atoms with Crippen molar-refractivity contribution in [1.82, 2.24) is 4.90 Å². The Morgan fingerprint density at radius 1 is 0.881 bits per heavy atom. The molecule has 0 atom stereocenters. The van der Waals surface area contributed by atoms with E-state index in [2.05, 4.69) is 37.9 Å². The molecule has 222 valence electrons. The lowest BCUT2D eigenvalue weighted by molar-refractivity contribution is -0.120. The van der Waals surface area contributed by atoms with Gasteiger partial charge in [-0.2, -0.15) is 0 Å². The molecule has 1 N–H and O–H groups in total. The molecule has 1 heterocycles. The molecule has 0 radical (unpaired) electrons. The summed E-state index contributed by atoms with van der Waals surface area (Å²) in [6.07, 6.45) is 2.38. The second-order valence-electron chi connectivity index (χ2n) is 13.1. The van der Waals surface area contributed by atoms with Crippen molar-refractivity contribution < 1.29 is 23.9 Å². The normalized spacial score (nSPS) is 19.8. The molecule has 8 heteroatoms. The van der Waals surface area contributed by atoms with Crippen LogP contribution in [0.25, 0.3) is 0 Å². The van der Waals surface area contributed by atoms with E-state index in [0.29, 0.717) is 52.8 Å². The van der Waals surface area contributed by atoms with Crippen molar-refractivity contribution in [3.8, 4) is 11.5 Å². The van der Waals surface area contributed by atoms with Gasteiger partial charge in [-0.25, -0.2) is 0 Å². The lowest BCUT2D eigenvalue weighted by atomic mass is 9.64. The summed E-state index contributed by atoms with van der Waals surface area (Å²) in [4.78, 5) is 42.3. The van der Waals surface area contributed by atoms with Gasteiger partial charge in [-0.05, 0) is 72.6 Å². The lowest BCUT2D eigenvalue weighted by Crippen LogP contribution is -2.43. The molecule has 1 amide bonds. The van der Waals surface area contributed by atoms with Gasteiger partial charge < -0.3 is 19.7 Å². The number of amides is 1. The number of nitrogens with zero attached hydrogens (tertiary/aromatic N) is 1. The van der Waals surface area contributed by atoms with Crippen LogP contribution >= 0.6 is 11.6 Å². The molecule has 2 aromatic carbocycles. The first kappa shape index (κ1) is 29.9. The molecule has 3 aliphatic rings. The molecule has 2 aliphatic carbocycles. The van der Waals surface area contributed by atoms with Gasteiger partial charge in [-0.3, -0.25) is 14.4 Å². The Hall–Kier alpha value is -3.58. The first-order chi connectivity index (χ1) is 19.8. The predicted molar refractivity (Wildman–Crippen MR) is 164 cm³/mol. The highest BCUT2D eigenvalue weighted by molar-refractivity contribution is 6.30. The third-order valence-corrected chi connectivity index (χ3v) is 8.52. The number of ketones is 2. The number of carbonyl (C=O) groups is 3. The second kappa shape index (κ2) is 11.3. The van der Waals surface area contributed by atoms with E-state index in [-0.39, 0.29) is 34.9 Å². The first-order valence-electron chi connectivity index (χ1n) is 14.5. The summed E-state index contributed by atoms with van der Waals surface area (Å²) in [5.74, 6) is 0.244. The Morgan fingerprint density at radius 2 is 1.45 bits per heavy atom. The van der Waals surface area contributed by atoms with Gasteiger partial charge >= 0.3 is 0 Å². The number of hydrogen-bond acceptors (Lipinski definition) is 6. The van der Waals surface area contributed by atoms with Gasteiger partial charge in [0.1, 0.15) is 0 Å². The summed E-state index contributed by atoms with van der Waals surface area (Å²) in [6.45, 7) is 10.5. The fourth-order valence-corrected chi connectivity index (χ4v) is 6.59. The number of hydrogen-bond donors (Lipinski definition) is 1. The number of carbonyl (C=O) groups excluding carboxylic acids is 3. The van der Waals surface area contributed by atoms with Crippen molar-refractivity contribution in [3.63, 3.8) is 0 Å². The van der Waals surface area contributed by atoms with Crippen LogP contribution in [0.2, 0.25) is 5.02 Å². The van der Waals surface area contributed by atoms with Crippen LogP contribution in [0.4, 0.5) is 5.69 Å². The summed E-state index contributed by atoms with van der Waals surface area (Å²) in [6, 6.07) is 12.4. The number of halogens is 1. The molecule has 0 spiro atoms. The van der Waals surface area contributed by atoms with Crippen molar-refractivity contribution in [1.29, 1.82) is 0 Å². The number of allylic oxidation sites excluding steroid dienone is 4. The zero-order valence-electron chi connectivity index (χ0n) is 25.2. The Kier molecular flexibility index (Phi) is 8.01. The highest BCUT2D eigenvalue weighted by atomic mass is 35.5. The van der Waals surface area contributed by atoms with Gasteiger partial charge in [0, 0.05) is 59.1 Å². The summed E-state index contributed by atoms with van der Waals surface area (Å²) < 4.78 is 11.8. The van der Waals surface area contributed by atoms with Crippen molar-refractivity contribution in [2.75, 3.05) is 25.6 Å². The maximum absolute atomic E-state index is 13.8. The number of benzene rings is 2. The first-order valence-corrected chi connectivity index (χ1v) is 14.9. The molecule has 7 nitrogen and oxygen atoms in total. The van der Waals surface area contributed by atoms with Gasteiger partial charge in [0.15, 0.2) is 29.7 Å². The van der Waals surface area contributed by atoms with Crippen LogP contribution in [0.1, 0.15) is 71.8 Å². The summed E-state index contributed by atoms with van der Waals surface area (Å²) in [5.41, 5.74) is 4.52. The zero-order valence-corrected chi connectivity index (χ0v) is 26.0. The summed E-state index contributed by atoms with van der Waals surface area (Å²) in [7, 11) is 2.00. The third-order valence-electron chi connectivity index (χ3n) is 8.27. The van der Waals surface area contributed by atoms with Crippen LogP contribution in [-0.2, 0) is 14.4 Å². The number of ether oxygens (including phenoxy) is 2. The van der Waals surface area contributed by atoms with E-state index < -0.39 is 5.92 Å². The van der Waals surface area contributed by atoms with E-state index in [1.165, 1.54) is 0 Å². The molecule has 0 unspecified atom stereocenters. The van der Waals surface area contributed by atoms with Gasteiger partial charge in [-0.15, -0.1) is 0 Å². The molecule has 0 saturated heterocycles. The van der Waals surface area contributed by atoms with Crippen LogP contribution in [-0.4, -0.2) is 42.6 Å². The van der Waals surface area contributed by atoms with E-state index in [9.17, 15) is 14.4 Å². The minimum Gasteiger partial charge on any atom is -0.490 e. The second-order valence-corrected chi connectivity index (χ2v) is 13.5. The Bertz CT molecular complexity index is 1450. The van der Waals surface area contributed by atoms with Crippen molar-refractivity contribution in [2.45, 2.75) is 66.2 Å². The average molecular weight is 591 g/mol. The minimum atomic E-state index is -0.472. The third kappa shape index (κ3) is 5.98. The lowest BCUT2D eigenvalue weighted by Gasteiger charge is -2.47. The summed E-state index contributed by atoms with van der Waals surface area (Å²) >= 11 is 5.93. The molecular formula is C34H39ClN2O5. The number of Topliss-reactive ketones (excluding diaryl/α,β-unsaturated/α-hetero) is 2. The molecule has 0 saturated carbocycles. The number of anilines is 1. The van der Waals surface area contributed by atoms with Crippen LogP contribution in [0.3, 0.4) is 0 Å². The quantitative estimate of drug-likeness (QED) is 0.371. The van der Waals surface area contributed by atoms with Crippen LogP contribution < -0.4 is 14.8 Å². The fraction of sp³-hybridized carbons (Fsp3) is 0.441. The van der Waals surface area contributed by atoms with E-state index in [1.54, 1.807) is 30.3 Å². The SMILES string of the molecule is CCOc1cc(C2C3=C(CC(C)(C)CC3=O)N(C)C3=C2C(=O)CC(C)(C)C3)ccc1OCC(=O)Nc1ccc(Cl)cc1. The molecule has 42 heavy (non-hydrogen) atoms. The monoisotopic (exact) mass is 590 g/mol. The fourth-order valence-electron chi connectivity index (χ4n) is 6.46. The molecule has 5 rings (SSSR count). The maximum atomic E-state index is 13.8. The van der Waals surface area contributed by atoms with Gasteiger partial charge in [0.05, 0.1) is 6.61 Å². The van der Waals surface area contributed by atoms with Crippen LogP contribution in [0.15, 0.2) is 65.0 Å². The average Bonchev–Trinajstić information content (AvgIpc) is 2.89. The van der Waals surface area contributed by atoms with Crippen molar-refractivity contribution in [2.24, 2.45) is 10.8 Å². The van der Waals surface area contributed by atoms with E-state index >= 15 is 0 Å². The molecular weight excluding hydrogens is 552 g/mol. The van der Waals surface area contributed by atoms with Gasteiger partial charge in [-0.1, -0.05) is 45.4 Å². The van der Waals surface area contributed by atoms with Crippen molar-refractivity contribution in [3.05, 3.63) is 75.6 Å². The van der Waals surface area contributed by atoms with Gasteiger partial charge in [0.2, 0.25) is 0 Å². The zero-order chi connectivity index (χ0) is 30.4. The molecule has 0 fully saturated rings. The number of nitrogens with one attached hydrogen (secondary N) is 1. The summed E-state index contributed by atoms with van der Waals surface area (Å²) in [5, 5.41) is 3.37. The van der Waals surface area contributed by atoms with E-state index in [4.69, 9.17) is 21.1 Å². The largest absolute Gasteiger partial charge is 0.490 e. The van der Waals surface area contributed by atoms with Gasteiger partial charge in [0.25, 0.3) is 5.91 Å². The Morgan fingerprint density at radius 3 is 2.00 bits per heavy atom. The molecule has 0 aromatic heterocycles. The highest BCUT2D eigenvalue weighted by Gasteiger charge is 2.48. The van der Waals surface area contributed by atoms with E-state index in [1.807, 2.05) is 26.1 Å². The predicted octanol–water partition coefficient (Wildman–Crippen LogP) is 7.07. The van der Waals surface area contributed by atoms with E-state index in [0.717, 1.165) is 29.8 Å². The Labute approximate surface area is 252 Å². The highest BCUT2D eigenvalue weighted by Crippen LogP contribution is 2.54. The molecule has 1 aliphatic heterocycles. The minimum absolute atomic E-state index is 0.0828. The molecule has 0 bridgehead atoms. The van der Waals surface area contributed by atoms with Crippen LogP contribution in [0.5, 0.6) is 11.5 Å². The number of rotatable bonds is 7. The standard InChI is InChI=1S/C34H39ClN2O5/c1-7-41-28-14-20(8-13-27(28)42-19-29(40)36-22-11-9-21(35)10-12-22)30-31-23(15-33(2,3)17-25(31)38)37(6)24-16-34(4,5)18-26(39)32(24)30/h8-14,30H,7,15-19H2,1-6H3,(H,36,40).